The third-order valence-corrected chi connectivity index (χ3v) is 3.24. The van der Waals surface area contributed by atoms with Crippen LogP contribution in [0.3, 0.4) is 0 Å². The summed E-state index contributed by atoms with van der Waals surface area (Å²) in [6, 6.07) is 7.91. The van der Waals surface area contributed by atoms with E-state index in [1.807, 2.05) is 31.2 Å². The van der Waals surface area contributed by atoms with Crippen LogP contribution in [0, 0.1) is 0 Å². The first kappa shape index (κ1) is 13.3. The number of benzene rings is 1. The highest BCUT2D eigenvalue weighted by Crippen LogP contribution is 2.25. The largest absolute Gasteiger partial charge is 0.354 e. The van der Waals surface area contributed by atoms with Gasteiger partial charge in [0.05, 0.1) is 4.47 Å². The van der Waals surface area contributed by atoms with Crippen LogP contribution in [0.4, 0.5) is 17.5 Å². The Morgan fingerprint density at radius 2 is 2.11 bits per heavy atom. The molecule has 2 aromatic rings. The molecule has 0 saturated carbocycles. The van der Waals surface area contributed by atoms with E-state index < -0.39 is 0 Å². The summed E-state index contributed by atoms with van der Waals surface area (Å²) in [5.74, 6) is 1.34. The predicted molar refractivity (Wildman–Crippen MR) is 81.3 cm³/mol. The number of anilines is 3. The molecule has 0 radical (unpaired) electrons. The van der Waals surface area contributed by atoms with Crippen molar-refractivity contribution in [3.8, 4) is 0 Å². The van der Waals surface area contributed by atoms with Crippen LogP contribution in [0.15, 0.2) is 39.4 Å². The van der Waals surface area contributed by atoms with Crippen molar-refractivity contribution in [1.82, 2.24) is 9.97 Å². The van der Waals surface area contributed by atoms with Gasteiger partial charge in [-0.2, -0.15) is 4.98 Å². The molecule has 0 spiro atoms. The predicted octanol–water partition coefficient (Wildman–Crippen LogP) is 4.18. The van der Waals surface area contributed by atoms with E-state index in [4.69, 9.17) is 0 Å². The van der Waals surface area contributed by atoms with E-state index in [1.165, 1.54) is 0 Å². The average molecular weight is 372 g/mol. The number of aromatic nitrogens is 2. The highest BCUT2D eigenvalue weighted by atomic mass is 79.9. The van der Waals surface area contributed by atoms with Crippen molar-refractivity contribution in [2.45, 2.75) is 6.92 Å². The van der Waals surface area contributed by atoms with Gasteiger partial charge in [-0.1, -0.05) is 22.0 Å². The van der Waals surface area contributed by atoms with Crippen LogP contribution in [0.25, 0.3) is 0 Å². The van der Waals surface area contributed by atoms with Gasteiger partial charge < -0.3 is 10.6 Å². The fraction of sp³-hybridized carbons (Fsp3) is 0.167. The van der Waals surface area contributed by atoms with E-state index in [0.717, 1.165) is 27.0 Å². The Morgan fingerprint density at radius 1 is 1.28 bits per heavy atom. The summed E-state index contributed by atoms with van der Waals surface area (Å²) in [6.45, 7) is 2.80. The molecule has 1 aromatic heterocycles. The summed E-state index contributed by atoms with van der Waals surface area (Å²) < 4.78 is 1.84. The Balaban J connectivity index is 2.25. The summed E-state index contributed by atoms with van der Waals surface area (Å²) >= 11 is 6.87. The van der Waals surface area contributed by atoms with E-state index >= 15 is 0 Å². The molecule has 2 rings (SSSR count). The van der Waals surface area contributed by atoms with Gasteiger partial charge >= 0.3 is 0 Å². The van der Waals surface area contributed by atoms with Crippen molar-refractivity contribution in [1.29, 1.82) is 0 Å². The third-order valence-electron chi connectivity index (χ3n) is 2.17. The van der Waals surface area contributed by atoms with Crippen LogP contribution in [0.2, 0.25) is 0 Å². The molecule has 0 saturated heterocycles. The Labute approximate surface area is 122 Å². The van der Waals surface area contributed by atoms with Gasteiger partial charge in [-0.25, -0.2) is 4.98 Å². The van der Waals surface area contributed by atoms with Crippen LogP contribution in [-0.2, 0) is 0 Å². The zero-order chi connectivity index (χ0) is 13.0. The van der Waals surface area contributed by atoms with Crippen LogP contribution >= 0.6 is 31.9 Å². The lowest BCUT2D eigenvalue weighted by atomic mass is 10.3. The Bertz CT molecular complexity index is 545. The third kappa shape index (κ3) is 3.43. The molecular formula is C12H12Br2N4. The zero-order valence-electron chi connectivity index (χ0n) is 9.74. The quantitative estimate of drug-likeness (QED) is 0.846. The summed E-state index contributed by atoms with van der Waals surface area (Å²) in [5.41, 5.74) is 0.964. The molecule has 0 amide bonds. The molecule has 6 heteroatoms. The van der Waals surface area contributed by atoms with Crippen LogP contribution in [0.1, 0.15) is 6.92 Å². The molecule has 0 bridgehead atoms. The SMILES string of the molecule is CCNc1ncc(Br)c(Nc2cccc(Br)c2)n1. The second-order valence-electron chi connectivity index (χ2n) is 3.56. The smallest absolute Gasteiger partial charge is 0.224 e. The van der Waals surface area contributed by atoms with Gasteiger partial charge in [-0.05, 0) is 41.1 Å². The number of nitrogens with zero attached hydrogens (tertiary/aromatic N) is 2. The van der Waals surface area contributed by atoms with Crippen molar-refractivity contribution < 1.29 is 0 Å². The van der Waals surface area contributed by atoms with Gasteiger partial charge in [-0.3, -0.25) is 0 Å². The average Bonchev–Trinajstić information content (AvgIpc) is 2.34. The number of hydrogen-bond acceptors (Lipinski definition) is 4. The summed E-state index contributed by atoms with van der Waals surface area (Å²) in [5, 5.41) is 6.32. The van der Waals surface area contributed by atoms with E-state index in [-0.39, 0.29) is 0 Å². The molecule has 0 atom stereocenters. The minimum atomic E-state index is 0.609. The molecular weight excluding hydrogens is 360 g/mol. The molecule has 94 valence electrons. The lowest BCUT2D eigenvalue weighted by molar-refractivity contribution is 1.08. The first-order valence-electron chi connectivity index (χ1n) is 5.48. The second kappa shape index (κ2) is 6.15. The van der Waals surface area contributed by atoms with Crippen molar-refractivity contribution >= 4 is 49.3 Å². The van der Waals surface area contributed by atoms with Gasteiger partial charge in [0.2, 0.25) is 5.95 Å². The summed E-state index contributed by atoms with van der Waals surface area (Å²) in [7, 11) is 0. The first-order chi connectivity index (χ1) is 8.69. The van der Waals surface area contributed by atoms with Crippen LogP contribution in [0.5, 0.6) is 0 Å². The maximum absolute atomic E-state index is 4.39. The van der Waals surface area contributed by atoms with E-state index in [2.05, 4.69) is 52.5 Å². The lowest BCUT2D eigenvalue weighted by Crippen LogP contribution is -2.04. The Hall–Kier alpha value is -1.14. The molecule has 4 nitrogen and oxygen atoms in total. The number of hydrogen-bond donors (Lipinski definition) is 2. The molecule has 0 unspecified atom stereocenters. The van der Waals surface area contributed by atoms with E-state index in [9.17, 15) is 0 Å². The lowest BCUT2D eigenvalue weighted by Gasteiger charge is -2.09. The molecule has 2 N–H and O–H groups in total. The normalized spacial score (nSPS) is 10.2. The van der Waals surface area contributed by atoms with E-state index in [1.54, 1.807) is 6.20 Å². The molecule has 0 aliphatic rings. The van der Waals surface area contributed by atoms with Crippen LogP contribution < -0.4 is 10.6 Å². The molecule has 0 aliphatic heterocycles. The molecule has 1 heterocycles. The van der Waals surface area contributed by atoms with Crippen molar-refractivity contribution in [3.63, 3.8) is 0 Å². The zero-order valence-corrected chi connectivity index (χ0v) is 12.9. The van der Waals surface area contributed by atoms with Gasteiger partial charge in [0, 0.05) is 22.9 Å². The second-order valence-corrected chi connectivity index (χ2v) is 5.33. The van der Waals surface area contributed by atoms with Crippen molar-refractivity contribution in [2.24, 2.45) is 0 Å². The van der Waals surface area contributed by atoms with Gasteiger partial charge in [0.1, 0.15) is 5.82 Å². The maximum atomic E-state index is 4.39. The Morgan fingerprint density at radius 3 is 2.83 bits per heavy atom. The van der Waals surface area contributed by atoms with Gasteiger partial charge in [-0.15, -0.1) is 0 Å². The maximum Gasteiger partial charge on any atom is 0.224 e. The molecule has 18 heavy (non-hydrogen) atoms. The van der Waals surface area contributed by atoms with E-state index in [0.29, 0.717) is 5.95 Å². The monoisotopic (exact) mass is 370 g/mol. The number of rotatable bonds is 4. The molecule has 1 aromatic carbocycles. The molecule has 0 fully saturated rings. The van der Waals surface area contributed by atoms with Gasteiger partial charge in [0.15, 0.2) is 0 Å². The topological polar surface area (TPSA) is 49.8 Å². The highest BCUT2D eigenvalue weighted by Gasteiger charge is 2.05. The molecule has 0 aliphatic carbocycles. The summed E-state index contributed by atoms with van der Waals surface area (Å²) in [6.07, 6.45) is 1.73. The minimum absolute atomic E-state index is 0.609. The summed E-state index contributed by atoms with van der Waals surface area (Å²) in [4.78, 5) is 8.56. The van der Waals surface area contributed by atoms with Crippen LogP contribution in [-0.4, -0.2) is 16.5 Å². The number of halogens is 2. The van der Waals surface area contributed by atoms with Gasteiger partial charge in [0.25, 0.3) is 0 Å². The fourth-order valence-electron chi connectivity index (χ4n) is 1.40. The number of nitrogens with one attached hydrogen (secondary N) is 2. The Kier molecular flexibility index (Phi) is 4.54. The highest BCUT2D eigenvalue weighted by molar-refractivity contribution is 9.10. The minimum Gasteiger partial charge on any atom is -0.354 e. The first-order valence-corrected chi connectivity index (χ1v) is 7.06. The fourth-order valence-corrected chi connectivity index (χ4v) is 2.09. The van der Waals surface area contributed by atoms with Crippen molar-refractivity contribution in [3.05, 3.63) is 39.4 Å². The van der Waals surface area contributed by atoms with Crippen molar-refractivity contribution in [2.75, 3.05) is 17.2 Å². The standard InChI is InChI=1S/C12H12Br2N4/c1-2-15-12-16-7-10(14)11(18-12)17-9-5-3-4-8(13)6-9/h3-7H,2H2,1H3,(H2,15,16,17,18).